The molecule has 1 N–H and O–H groups in total. The fraction of sp³-hybridized carbons (Fsp3) is 0.619. The number of Topliss-reactive ketones (excluding diaryl/α,β-unsaturated/α-hetero) is 1. The Morgan fingerprint density at radius 2 is 1.58 bits per heavy atom. The number of ketones is 1. The maximum atomic E-state index is 13.4. The molecule has 3 unspecified atom stereocenters. The first-order valence-electron chi connectivity index (χ1n) is 9.15. The van der Waals surface area contributed by atoms with Gasteiger partial charge in [-0.3, -0.25) is 9.59 Å². The van der Waals surface area contributed by atoms with Crippen molar-refractivity contribution in [3.05, 3.63) is 34.4 Å². The zero-order chi connectivity index (χ0) is 20.7. The van der Waals surface area contributed by atoms with Crippen LogP contribution in [0.5, 0.6) is 0 Å². The molecule has 0 saturated heterocycles. The van der Waals surface area contributed by atoms with Crippen LogP contribution in [0.15, 0.2) is 12.1 Å². The van der Waals surface area contributed by atoms with Crippen LogP contribution in [-0.2, 0) is 9.36 Å². The molecule has 0 fully saturated rings. The highest BCUT2D eigenvalue weighted by Crippen LogP contribution is 2.41. The number of rotatable bonds is 8. The molecular weight excluding hydrogens is 347 g/mol. The Morgan fingerprint density at radius 1 is 1.12 bits per heavy atom. The van der Waals surface area contributed by atoms with Crippen LogP contribution in [0.25, 0.3) is 0 Å². The Morgan fingerprint density at radius 3 is 1.92 bits per heavy atom. The van der Waals surface area contributed by atoms with Crippen LogP contribution in [0.4, 0.5) is 0 Å². The minimum atomic E-state index is -1.04. The molecule has 1 rings (SSSR count). The van der Waals surface area contributed by atoms with Crippen molar-refractivity contribution in [3.8, 4) is 0 Å². The molecule has 5 heteroatoms. The van der Waals surface area contributed by atoms with Crippen LogP contribution in [-0.4, -0.2) is 16.9 Å². The number of unbranched alkanes of at least 4 members (excludes halogenated alkanes) is 1. The number of aryl methyl sites for hydroxylation is 3. The maximum absolute atomic E-state index is 13.4. The summed E-state index contributed by atoms with van der Waals surface area (Å²) >= 11 is 0. The van der Waals surface area contributed by atoms with Crippen molar-refractivity contribution in [3.63, 3.8) is 0 Å². The predicted octanol–water partition coefficient (Wildman–Crippen LogP) is 5.55. The largest absolute Gasteiger partial charge is 0.481 e. The summed E-state index contributed by atoms with van der Waals surface area (Å²) in [5.74, 6) is -1.45. The highest BCUT2D eigenvalue weighted by atomic mass is 31.0. The quantitative estimate of drug-likeness (QED) is 0.473. The molecule has 1 aromatic carbocycles. The van der Waals surface area contributed by atoms with Crippen molar-refractivity contribution in [1.82, 2.24) is 0 Å². The third-order valence-corrected chi connectivity index (χ3v) is 5.10. The number of carbonyl (C=O) groups excluding carboxylic acids is 1. The zero-order valence-corrected chi connectivity index (χ0v) is 18.3. The highest BCUT2D eigenvalue weighted by molar-refractivity contribution is 7.00. The molecule has 26 heavy (non-hydrogen) atoms. The molecule has 0 heterocycles. The van der Waals surface area contributed by atoms with Crippen LogP contribution in [0.2, 0.25) is 0 Å². The van der Waals surface area contributed by atoms with E-state index in [2.05, 4.69) is 0 Å². The van der Waals surface area contributed by atoms with E-state index in [0.29, 0.717) is 12.0 Å². The number of carbonyl (C=O) groups is 2. The molecule has 3 atom stereocenters. The van der Waals surface area contributed by atoms with Gasteiger partial charge in [0.1, 0.15) is 0 Å². The number of hydrogen-bond acceptors (Lipinski definition) is 3. The fourth-order valence-corrected chi connectivity index (χ4v) is 3.99. The molecular formula is C21H34O4P+. The molecule has 146 valence electrons. The molecule has 0 spiro atoms. The molecule has 0 aromatic heterocycles. The monoisotopic (exact) mass is 381 g/mol. The summed E-state index contributed by atoms with van der Waals surface area (Å²) < 4.78 is 8.17. The third kappa shape index (κ3) is 5.48. The first-order chi connectivity index (χ1) is 12.1. The van der Waals surface area contributed by atoms with Crippen molar-refractivity contribution in [1.29, 1.82) is 0 Å². The normalized spacial score (nSPS) is 14.2. The van der Waals surface area contributed by atoms with Gasteiger partial charge in [0.25, 0.3) is 0 Å². The lowest BCUT2D eigenvalue weighted by molar-refractivity contribution is -0.152. The van der Waals surface area contributed by atoms with Crippen molar-refractivity contribution in [2.75, 3.05) is 0 Å². The standard InChI is InChI=1S/C21H32O3.H2OP/c1-8-9-10-21(7,20(23)24)18(13(2)3)19(22)17-15(5)11-14(4)12-16(17)6;1-2/h11-13,18H,8-10H2,1-7H3,(H,23,24);2H2/q;+1. The van der Waals surface area contributed by atoms with E-state index in [9.17, 15) is 14.7 Å². The fourth-order valence-electron chi connectivity index (χ4n) is 3.99. The highest BCUT2D eigenvalue weighted by Gasteiger charge is 2.46. The molecule has 0 aliphatic carbocycles. The lowest BCUT2D eigenvalue weighted by Crippen LogP contribution is -2.43. The maximum Gasteiger partial charge on any atom is 0.310 e. The Bertz CT molecular complexity index is 616. The Hall–Kier alpha value is -1.54. The second-order valence-corrected chi connectivity index (χ2v) is 7.69. The van der Waals surface area contributed by atoms with Gasteiger partial charge < -0.3 is 5.11 Å². The SMILES string of the molecule is CCCCC(C)(C(=O)O)C(C(=O)c1c(C)cc(C)cc1C)C(C)C.O=[PH2+]. The topological polar surface area (TPSA) is 71.4 Å². The number of carboxylic acids is 1. The second kappa shape index (κ2) is 10.6. The molecule has 0 saturated carbocycles. The third-order valence-electron chi connectivity index (χ3n) is 5.10. The van der Waals surface area contributed by atoms with Gasteiger partial charge >= 0.3 is 15.1 Å². The van der Waals surface area contributed by atoms with E-state index >= 15 is 0 Å². The van der Waals surface area contributed by atoms with E-state index in [-0.39, 0.29) is 11.7 Å². The Labute approximate surface area is 160 Å². The van der Waals surface area contributed by atoms with Gasteiger partial charge in [-0.05, 0) is 51.2 Å². The van der Waals surface area contributed by atoms with Crippen LogP contribution in [0.1, 0.15) is 74.0 Å². The smallest absolute Gasteiger partial charge is 0.310 e. The number of carboxylic acid groups (broad SMARTS) is 1. The Balaban J connectivity index is 0.00000301. The summed E-state index contributed by atoms with van der Waals surface area (Å²) in [6.45, 7) is 13.6. The average molecular weight is 381 g/mol. The molecule has 0 aliphatic rings. The summed E-state index contributed by atoms with van der Waals surface area (Å²) in [5.41, 5.74) is 2.65. The second-order valence-electron chi connectivity index (χ2n) is 7.69. The van der Waals surface area contributed by atoms with Crippen molar-refractivity contribution in [2.45, 2.75) is 67.7 Å². The van der Waals surface area contributed by atoms with Crippen LogP contribution >= 0.6 is 9.12 Å². The van der Waals surface area contributed by atoms with Crippen molar-refractivity contribution < 1.29 is 19.3 Å². The molecule has 0 aliphatic heterocycles. The van der Waals surface area contributed by atoms with Crippen LogP contribution in [0, 0.1) is 38.0 Å². The zero-order valence-electron chi connectivity index (χ0n) is 17.2. The molecule has 0 bridgehead atoms. The van der Waals surface area contributed by atoms with Crippen LogP contribution < -0.4 is 0 Å². The summed E-state index contributed by atoms with van der Waals surface area (Å²) in [6.07, 6.45) is 2.26. The van der Waals surface area contributed by atoms with Crippen molar-refractivity contribution >= 4 is 20.9 Å². The number of aliphatic carboxylic acids is 1. The van der Waals surface area contributed by atoms with Gasteiger partial charge in [-0.2, -0.15) is 0 Å². The first-order valence-corrected chi connectivity index (χ1v) is 9.62. The van der Waals surface area contributed by atoms with E-state index in [1.54, 1.807) is 6.92 Å². The molecule has 1 aromatic rings. The lowest BCUT2D eigenvalue weighted by Gasteiger charge is -2.36. The molecule has 0 amide bonds. The average Bonchev–Trinajstić information content (AvgIpc) is 2.53. The molecule has 4 nitrogen and oxygen atoms in total. The van der Waals surface area contributed by atoms with Gasteiger partial charge in [0.2, 0.25) is 0 Å². The summed E-state index contributed by atoms with van der Waals surface area (Å²) in [7, 11) is 1.17. The molecule has 0 radical (unpaired) electrons. The van der Waals surface area contributed by atoms with Gasteiger partial charge in [0, 0.05) is 11.5 Å². The number of benzene rings is 1. The minimum Gasteiger partial charge on any atom is -0.481 e. The Kier molecular flexibility index (Phi) is 9.94. The van der Waals surface area contributed by atoms with Gasteiger partial charge in [0.15, 0.2) is 5.78 Å². The summed E-state index contributed by atoms with van der Waals surface area (Å²) in [5, 5.41) is 9.90. The lowest BCUT2D eigenvalue weighted by atomic mass is 9.65. The number of hydrogen-bond donors (Lipinski definition) is 1. The minimum absolute atomic E-state index is 0.0268. The van der Waals surface area contributed by atoms with Crippen LogP contribution in [0.3, 0.4) is 0 Å². The van der Waals surface area contributed by atoms with Crippen molar-refractivity contribution in [2.24, 2.45) is 17.3 Å². The van der Waals surface area contributed by atoms with Gasteiger partial charge in [-0.15, -0.1) is 0 Å². The summed E-state index contributed by atoms with van der Waals surface area (Å²) in [4.78, 5) is 25.5. The predicted molar refractivity (Wildman–Crippen MR) is 109 cm³/mol. The van der Waals surface area contributed by atoms with E-state index in [0.717, 1.165) is 29.5 Å². The summed E-state index contributed by atoms with van der Waals surface area (Å²) in [6, 6.07) is 4.00. The first kappa shape index (κ1) is 24.5. The van der Waals surface area contributed by atoms with Gasteiger partial charge in [0.05, 0.1) is 5.41 Å². The van der Waals surface area contributed by atoms with E-state index < -0.39 is 17.3 Å². The van der Waals surface area contributed by atoms with Gasteiger partial charge in [-0.25, -0.2) is 0 Å². The van der Waals surface area contributed by atoms with Gasteiger partial charge in [-0.1, -0.05) is 55.9 Å². The van der Waals surface area contributed by atoms with E-state index in [4.69, 9.17) is 4.57 Å². The van der Waals surface area contributed by atoms with E-state index in [1.165, 1.54) is 9.12 Å². The van der Waals surface area contributed by atoms with E-state index in [1.807, 2.05) is 53.7 Å².